The van der Waals surface area contributed by atoms with Crippen LogP contribution in [0.1, 0.15) is 56.6 Å². The summed E-state index contributed by atoms with van der Waals surface area (Å²) < 4.78 is 0. The summed E-state index contributed by atoms with van der Waals surface area (Å²) in [6.07, 6.45) is 3.75. The van der Waals surface area contributed by atoms with Gasteiger partial charge in [0.05, 0.1) is 5.56 Å². The van der Waals surface area contributed by atoms with Crippen LogP contribution in [0, 0.1) is 5.92 Å². The summed E-state index contributed by atoms with van der Waals surface area (Å²) >= 11 is 0. The van der Waals surface area contributed by atoms with Crippen molar-refractivity contribution in [1.82, 2.24) is 15.3 Å². The first-order valence-corrected chi connectivity index (χ1v) is 10.0. The Morgan fingerprint density at radius 2 is 1.96 bits per heavy atom. The van der Waals surface area contributed by atoms with Gasteiger partial charge >= 0.3 is 0 Å². The van der Waals surface area contributed by atoms with Crippen LogP contribution < -0.4 is 16.0 Å². The number of carbonyl (C=O) groups excluding carboxylic acids is 1. The predicted molar refractivity (Wildman–Crippen MR) is 116 cm³/mol. The van der Waals surface area contributed by atoms with Gasteiger partial charge in [-0.2, -0.15) is 0 Å². The number of anilines is 2. The fraction of sp³-hybridized carbons (Fsp3) is 0.500. The van der Waals surface area contributed by atoms with Crippen molar-refractivity contribution < 1.29 is 4.79 Å². The summed E-state index contributed by atoms with van der Waals surface area (Å²) in [7, 11) is 2.01. The number of nitrogens with zero attached hydrogens (tertiary/aromatic N) is 3. The molecule has 0 aliphatic rings. The van der Waals surface area contributed by atoms with Crippen LogP contribution in [0.5, 0.6) is 0 Å². The third-order valence-corrected chi connectivity index (χ3v) is 4.82. The van der Waals surface area contributed by atoms with Gasteiger partial charge in [-0.3, -0.25) is 4.79 Å². The first kappa shape index (κ1) is 21.8. The second kappa shape index (κ2) is 10.2. The highest BCUT2D eigenvalue weighted by molar-refractivity contribution is 6.10. The number of nitrogens with two attached hydrogens (primary N) is 1. The molecule has 0 aliphatic carbocycles. The maximum Gasteiger partial charge on any atom is 0.215 e. The SMILES string of the molecule is CC[C@H](C)N[C@@H](CC(C)C)CN(C)c1cccc(C(=O)c2cccnc2N)n1. The van der Waals surface area contributed by atoms with Crippen LogP contribution in [0.25, 0.3) is 0 Å². The topological polar surface area (TPSA) is 84.1 Å². The van der Waals surface area contributed by atoms with E-state index >= 15 is 0 Å². The molecule has 0 amide bonds. The van der Waals surface area contributed by atoms with Gasteiger partial charge in [-0.1, -0.05) is 26.8 Å². The van der Waals surface area contributed by atoms with Crippen LogP contribution >= 0.6 is 0 Å². The zero-order valence-electron chi connectivity index (χ0n) is 17.6. The number of nitrogens with one attached hydrogen (secondary N) is 1. The summed E-state index contributed by atoms with van der Waals surface area (Å²) in [5.74, 6) is 1.39. The van der Waals surface area contributed by atoms with Gasteiger partial charge in [0.15, 0.2) is 0 Å². The lowest BCUT2D eigenvalue weighted by molar-refractivity contribution is 0.103. The van der Waals surface area contributed by atoms with E-state index in [1.54, 1.807) is 24.4 Å². The molecule has 2 rings (SSSR count). The molecule has 0 aliphatic heterocycles. The van der Waals surface area contributed by atoms with Crippen LogP contribution in [0.4, 0.5) is 11.6 Å². The highest BCUT2D eigenvalue weighted by Gasteiger charge is 2.18. The fourth-order valence-corrected chi connectivity index (χ4v) is 3.22. The number of pyridine rings is 2. The monoisotopic (exact) mass is 383 g/mol. The van der Waals surface area contributed by atoms with E-state index in [2.05, 4.69) is 47.9 Å². The fourth-order valence-electron chi connectivity index (χ4n) is 3.22. The Morgan fingerprint density at radius 1 is 1.21 bits per heavy atom. The minimum atomic E-state index is -0.211. The zero-order chi connectivity index (χ0) is 20.7. The molecule has 0 saturated heterocycles. The summed E-state index contributed by atoms with van der Waals surface area (Å²) in [4.78, 5) is 23.5. The lowest BCUT2D eigenvalue weighted by Gasteiger charge is -2.29. The van der Waals surface area contributed by atoms with Gasteiger partial charge in [0.2, 0.25) is 5.78 Å². The number of nitrogen functional groups attached to an aromatic ring is 1. The highest BCUT2D eigenvalue weighted by atomic mass is 16.1. The molecule has 6 nitrogen and oxygen atoms in total. The van der Waals surface area contributed by atoms with Gasteiger partial charge in [-0.25, -0.2) is 9.97 Å². The molecule has 2 atom stereocenters. The van der Waals surface area contributed by atoms with Crippen LogP contribution in [0.3, 0.4) is 0 Å². The number of carbonyl (C=O) groups is 1. The predicted octanol–water partition coefficient (Wildman–Crippen LogP) is 3.53. The highest BCUT2D eigenvalue weighted by Crippen LogP contribution is 2.17. The summed E-state index contributed by atoms with van der Waals surface area (Å²) in [5, 5.41) is 3.71. The van der Waals surface area contributed by atoms with Crippen molar-refractivity contribution >= 4 is 17.4 Å². The lowest BCUT2D eigenvalue weighted by atomic mass is 10.0. The lowest BCUT2D eigenvalue weighted by Crippen LogP contribution is -2.44. The number of aromatic nitrogens is 2. The smallest absolute Gasteiger partial charge is 0.215 e. The van der Waals surface area contributed by atoms with E-state index in [1.807, 2.05) is 19.2 Å². The Bertz CT molecular complexity index is 777. The second-order valence-electron chi connectivity index (χ2n) is 7.83. The Morgan fingerprint density at radius 3 is 2.61 bits per heavy atom. The molecule has 0 unspecified atom stereocenters. The first-order valence-electron chi connectivity index (χ1n) is 10.0. The van der Waals surface area contributed by atoms with Crippen LogP contribution in [0.2, 0.25) is 0 Å². The van der Waals surface area contributed by atoms with Crippen molar-refractivity contribution in [3.63, 3.8) is 0 Å². The molecule has 2 aromatic heterocycles. The van der Waals surface area contributed by atoms with Crippen molar-refractivity contribution in [3.8, 4) is 0 Å². The number of hydrogen-bond donors (Lipinski definition) is 2. The van der Waals surface area contributed by atoms with Gasteiger partial charge < -0.3 is 16.0 Å². The Hall–Kier alpha value is -2.47. The molecule has 28 heavy (non-hydrogen) atoms. The van der Waals surface area contributed by atoms with Crippen molar-refractivity contribution in [2.24, 2.45) is 5.92 Å². The number of ketones is 1. The minimum Gasteiger partial charge on any atom is -0.383 e. The third kappa shape index (κ3) is 6.02. The quantitative estimate of drug-likeness (QED) is 0.611. The van der Waals surface area contributed by atoms with Gasteiger partial charge in [-0.15, -0.1) is 0 Å². The molecule has 0 aromatic carbocycles. The summed E-state index contributed by atoms with van der Waals surface area (Å²) in [5.41, 5.74) is 6.60. The van der Waals surface area contributed by atoms with E-state index in [9.17, 15) is 4.79 Å². The number of hydrogen-bond acceptors (Lipinski definition) is 6. The Balaban J connectivity index is 2.17. The standard InChI is InChI=1S/C22H33N5O/c1-6-16(4)25-17(13-15(2)3)14-27(5)20-11-7-10-19(26-20)21(28)18-9-8-12-24-22(18)23/h7-12,15-17,25H,6,13-14H2,1-5H3,(H2,23,24)/t16-,17-/m0/s1. The average Bonchev–Trinajstić information content (AvgIpc) is 2.67. The molecular formula is C22H33N5O. The molecule has 0 radical (unpaired) electrons. The van der Waals surface area contributed by atoms with E-state index < -0.39 is 0 Å². The van der Waals surface area contributed by atoms with Crippen LogP contribution in [-0.4, -0.2) is 41.4 Å². The molecule has 0 saturated carbocycles. The molecule has 0 bridgehead atoms. The van der Waals surface area contributed by atoms with Crippen LogP contribution in [-0.2, 0) is 0 Å². The van der Waals surface area contributed by atoms with E-state index in [0.29, 0.717) is 29.3 Å². The molecule has 3 N–H and O–H groups in total. The van der Waals surface area contributed by atoms with E-state index in [1.165, 1.54) is 0 Å². The number of likely N-dealkylation sites (N-methyl/N-ethyl adjacent to an activating group) is 1. The molecule has 0 fully saturated rings. The molecule has 0 spiro atoms. The largest absolute Gasteiger partial charge is 0.383 e. The van der Waals surface area contributed by atoms with E-state index in [0.717, 1.165) is 25.2 Å². The molecule has 2 heterocycles. The Labute approximate surface area is 168 Å². The zero-order valence-corrected chi connectivity index (χ0v) is 17.6. The third-order valence-electron chi connectivity index (χ3n) is 4.82. The van der Waals surface area contributed by atoms with Crippen LogP contribution in [0.15, 0.2) is 36.5 Å². The Kier molecular flexibility index (Phi) is 7.93. The van der Waals surface area contributed by atoms with E-state index in [-0.39, 0.29) is 11.6 Å². The van der Waals surface area contributed by atoms with Crippen molar-refractivity contribution in [3.05, 3.63) is 47.8 Å². The minimum absolute atomic E-state index is 0.211. The maximum absolute atomic E-state index is 12.8. The molecule has 2 aromatic rings. The van der Waals surface area contributed by atoms with Gasteiger partial charge in [0.25, 0.3) is 0 Å². The van der Waals surface area contributed by atoms with Crippen molar-refractivity contribution in [2.45, 2.75) is 52.6 Å². The van der Waals surface area contributed by atoms with Crippen molar-refractivity contribution in [2.75, 3.05) is 24.2 Å². The summed E-state index contributed by atoms with van der Waals surface area (Å²) in [6.45, 7) is 9.70. The average molecular weight is 384 g/mol. The summed E-state index contributed by atoms with van der Waals surface area (Å²) in [6, 6.07) is 9.71. The van der Waals surface area contributed by atoms with Gasteiger partial charge in [0, 0.05) is 31.9 Å². The first-order chi connectivity index (χ1) is 13.3. The maximum atomic E-state index is 12.8. The molecule has 6 heteroatoms. The normalized spacial score (nSPS) is 13.4. The van der Waals surface area contributed by atoms with E-state index in [4.69, 9.17) is 5.73 Å². The van der Waals surface area contributed by atoms with Crippen molar-refractivity contribution in [1.29, 1.82) is 0 Å². The molecular weight excluding hydrogens is 350 g/mol. The number of rotatable bonds is 10. The van der Waals surface area contributed by atoms with Gasteiger partial charge in [0.1, 0.15) is 17.3 Å². The second-order valence-corrected chi connectivity index (χ2v) is 7.83. The molecule has 152 valence electrons. The van der Waals surface area contributed by atoms with Gasteiger partial charge in [-0.05, 0) is 49.9 Å².